The number of aryl methyl sites for hydroxylation is 2. The van der Waals surface area contributed by atoms with Crippen molar-refractivity contribution in [2.45, 2.75) is 26.7 Å². The molecule has 1 atom stereocenters. The number of aromatic nitrogens is 2. The van der Waals surface area contributed by atoms with Crippen molar-refractivity contribution in [3.8, 4) is 0 Å². The van der Waals surface area contributed by atoms with Gasteiger partial charge in [0.15, 0.2) is 0 Å². The molecule has 1 aromatic carbocycles. The molecular formula is C15H16N4O. The Kier molecular flexibility index (Phi) is 2.89. The van der Waals surface area contributed by atoms with Gasteiger partial charge in [0.05, 0.1) is 17.1 Å². The van der Waals surface area contributed by atoms with Gasteiger partial charge in [-0.25, -0.2) is 0 Å². The van der Waals surface area contributed by atoms with Crippen molar-refractivity contribution in [2.24, 2.45) is 5.10 Å². The van der Waals surface area contributed by atoms with E-state index < -0.39 is 0 Å². The Bertz CT molecular complexity index is 684. The lowest BCUT2D eigenvalue weighted by molar-refractivity contribution is -0.118. The van der Waals surface area contributed by atoms with Crippen molar-refractivity contribution < 1.29 is 4.79 Å². The zero-order valence-corrected chi connectivity index (χ0v) is 11.7. The van der Waals surface area contributed by atoms with Crippen molar-refractivity contribution >= 4 is 17.3 Å². The van der Waals surface area contributed by atoms with E-state index in [1.54, 1.807) is 0 Å². The second-order valence-corrected chi connectivity index (χ2v) is 5.14. The molecule has 0 aliphatic carbocycles. The fraction of sp³-hybridized carbons (Fsp3) is 0.267. The van der Waals surface area contributed by atoms with E-state index in [0.29, 0.717) is 0 Å². The van der Waals surface area contributed by atoms with E-state index in [1.807, 2.05) is 51.1 Å². The highest BCUT2D eigenvalue weighted by Crippen LogP contribution is 2.29. The molecule has 1 aromatic heterocycles. The first-order chi connectivity index (χ1) is 9.56. The second kappa shape index (κ2) is 4.59. The molecule has 1 amide bonds. The summed E-state index contributed by atoms with van der Waals surface area (Å²) in [6.45, 7) is 5.79. The number of aromatic amines is 1. The summed E-state index contributed by atoms with van der Waals surface area (Å²) < 4.78 is 0. The summed E-state index contributed by atoms with van der Waals surface area (Å²) in [7, 11) is 0. The third-order valence-corrected chi connectivity index (χ3v) is 3.43. The van der Waals surface area contributed by atoms with Gasteiger partial charge >= 0.3 is 0 Å². The number of carbonyl (C=O) groups is 1. The van der Waals surface area contributed by atoms with Gasteiger partial charge in [-0.15, -0.1) is 0 Å². The molecule has 0 saturated carbocycles. The highest BCUT2D eigenvalue weighted by Gasteiger charge is 2.37. The Labute approximate surface area is 117 Å². The van der Waals surface area contributed by atoms with Gasteiger partial charge in [0.2, 0.25) is 0 Å². The van der Waals surface area contributed by atoms with Crippen LogP contribution in [0.2, 0.25) is 0 Å². The molecule has 102 valence electrons. The lowest BCUT2D eigenvalue weighted by Crippen LogP contribution is -2.25. The highest BCUT2D eigenvalue weighted by molar-refractivity contribution is 6.18. The molecule has 0 spiro atoms. The summed E-state index contributed by atoms with van der Waals surface area (Å²) in [5.41, 5.74) is 4.37. The molecular weight excluding hydrogens is 252 g/mol. The fourth-order valence-corrected chi connectivity index (χ4v) is 2.36. The van der Waals surface area contributed by atoms with Gasteiger partial charge in [-0.3, -0.25) is 9.89 Å². The molecule has 2 aromatic rings. The normalized spacial score (nSPS) is 18.6. The quantitative estimate of drug-likeness (QED) is 0.909. The summed E-state index contributed by atoms with van der Waals surface area (Å²) in [4.78, 5) is 12.6. The second-order valence-electron chi connectivity index (χ2n) is 5.14. The highest BCUT2D eigenvalue weighted by atomic mass is 16.2. The van der Waals surface area contributed by atoms with Crippen LogP contribution in [0.4, 0.5) is 5.69 Å². The molecule has 2 heterocycles. The van der Waals surface area contributed by atoms with Crippen LogP contribution in [0.5, 0.6) is 0 Å². The van der Waals surface area contributed by atoms with Crippen LogP contribution in [0.3, 0.4) is 0 Å². The predicted molar refractivity (Wildman–Crippen MR) is 77.8 cm³/mol. The molecule has 3 rings (SSSR count). The van der Waals surface area contributed by atoms with E-state index in [9.17, 15) is 4.79 Å². The minimum atomic E-state index is -0.388. The van der Waals surface area contributed by atoms with Gasteiger partial charge < -0.3 is 0 Å². The van der Waals surface area contributed by atoms with Crippen LogP contribution in [0.25, 0.3) is 0 Å². The molecule has 1 unspecified atom stereocenters. The maximum Gasteiger partial charge on any atom is 0.262 e. The third kappa shape index (κ3) is 2.01. The first-order valence-electron chi connectivity index (χ1n) is 6.54. The van der Waals surface area contributed by atoms with Gasteiger partial charge in [0.1, 0.15) is 5.92 Å². The lowest BCUT2D eigenvalue weighted by Gasteiger charge is -2.13. The van der Waals surface area contributed by atoms with E-state index >= 15 is 0 Å². The topological polar surface area (TPSA) is 61.4 Å². The van der Waals surface area contributed by atoms with Crippen LogP contribution < -0.4 is 5.01 Å². The minimum absolute atomic E-state index is 0.0575. The molecule has 1 aliphatic heterocycles. The first-order valence-corrected chi connectivity index (χ1v) is 6.54. The Morgan fingerprint density at radius 2 is 1.85 bits per heavy atom. The molecule has 1 N–H and O–H groups in total. The van der Waals surface area contributed by atoms with E-state index in [1.165, 1.54) is 5.01 Å². The monoisotopic (exact) mass is 268 g/mol. The molecule has 20 heavy (non-hydrogen) atoms. The van der Waals surface area contributed by atoms with Crippen molar-refractivity contribution in [3.05, 3.63) is 47.3 Å². The number of H-pyrrole nitrogens is 1. The van der Waals surface area contributed by atoms with E-state index in [-0.39, 0.29) is 11.8 Å². The van der Waals surface area contributed by atoms with Crippen molar-refractivity contribution in [1.29, 1.82) is 0 Å². The Balaban J connectivity index is 1.94. The Morgan fingerprint density at radius 1 is 1.15 bits per heavy atom. The molecule has 0 fully saturated rings. The lowest BCUT2D eigenvalue weighted by atomic mass is 10.0. The number of hydrazone groups is 1. The van der Waals surface area contributed by atoms with Crippen LogP contribution in [-0.4, -0.2) is 21.8 Å². The molecule has 5 nitrogen and oxygen atoms in total. The summed E-state index contributed by atoms with van der Waals surface area (Å²) >= 11 is 0. The van der Waals surface area contributed by atoms with Crippen molar-refractivity contribution in [2.75, 3.05) is 5.01 Å². The van der Waals surface area contributed by atoms with Crippen LogP contribution in [0, 0.1) is 13.8 Å². The van der Waals surface area contributed by atoms with Crippen molar-refractivity contribution in [1.82, 2.24) is 10.2 Å². The van der Waals surface area contributed by atoms with Gasteiger partial charge in [-0.1, -0.05) is 17.7 Å². The average Bonchev–Trinajstić information content (AvgIpc) is 2.95. The van der Waals surface area contributed by atoms with E-state index in [0.717, 1.165) is 28.4 Å². The number of amides is 1. The van der Waals surface area contributed by atoms with Gasteiger partial charge in [0, 0.05) is 5.69 Å². The third-order valence-electron chi connectivity index (χ3n) is 3.43. The number of nitrogens with zero attached hydrogens (tertiary/aromatic N) is 3. The molecule has 0 bridgehead atoms. The van der Waals surface area contributed by atoms with Crippen LogP contribution in [0.1, 0.15) is 29.8 Å². The number of nitrogens with one attached hydrogen (secondary N) is 1. The number of benzene rings is 1. The molecule has 5 heteroatoms. The fourth-order valence-electron chi connectivity index (χ4n) is 2.36. The number of hydrogen-bond acceptors (Lipinski definition) is 3. The zero-order valence-electron chi connectivity index (χ0n) is 11.7. The molecule has 0 radical (unpaired) electrons. The first kappa shape index (κ1) is 12.6. The Morgan fingerprint density at radius 3 is 2.45 bits per heavy atom. The average molecular weight is 268 g/mol. The van der Waals surface area contributed by atoms with Crippen LogP contribution >= 0.6 is 0 Å². The van der Waals surface area contributed by atoms with E-state index in [4.69, 9.17) is 0 Å². The summed E-state index contributed by atoms with van der Waals surface area (Å²) in [5.74, 6) is -0.445. The SMILES string of the molecule is CC1=NN(c2ccc(C)cc2)C(=O)C1c1cc(C)[nH]n1. The van der Waals surface area contributed by atoms with Gasteiger partial charge in [0.25, 0.3) is 5.91 Å². The number of carbonyl (C=O) groups excluding carboxylic acids is 1. The minimum Gasteiger partial charge on any atom is -0.283 e. The Hall–Kier alpha value is -2.43. The number of hydrogen-bond donors (Lipinski definition) is 1. The van der Waals surface area contributed by atoms with E-state index in [2.05, 4.69) is 15.3 Å². The maximum atomic E-state index is 12.6. The predicted octanol–water partition coefficient (Wildman–Crippen LogP) is 2.53. The standard InChI is InChI=1S/C15H16N4O/c1-9-4-6-12(7-5-9)19-15(20)14(11(3)18-19)13-8-10(2)16-17-13/h4-8,14H,1-3H3,(H,16,17). The number of anilines is 1. The van der Waals surface area contributed by atoms with Crippen LogP contribution in [0.15, 0.2) is 35.4 Å². The largest absolute Gasteiger partial charge is 0.283 e. The maximum absolute atomic E-state index is 12.6. The van der Waals surface area contributed by atoms with Crippen molar-refractivity contribution in [3.63, 3.8) is 0 Å². The summed E-state index contributed by atoms with van der Waals surface area (Å²) in [6, 6.07) is 9.64. The number of rotatable bonds is 2. The van der Waals surface area contributed by atoms with Gasteiger partial charge in [-0.05, 0) is 39.0 Å². The molecule has 0 saturated heterocycles. The smallest absolute Gasteiger partial charge is 0.262 e. The zero-order chi connectivity index (χ0) is 14.3. The summed E-state index contributed by atoms with van der Waals surface area (Å²) in [6.07, 6.45) is 0. The van der Waals surface area contributed by atoms with Gasteiger partial charge in [-0.2, -0.15) is 15.2 Å². The summed E-state index contributed by atoms with van der Waals surface area (Å²) in [5, 5.41) is 12.9. The molecule has 1 aliphatic rings. The van der Waals surface area contributed by atoms with Crippen LogP contribution in [-0.2, 0) is 4.79 Å².